The Kier molecular flexibility index (Phi) is 6.59. The Hall–Kier alpha value is -4.13. The van der Waals surface area contributed by atoms with Gasteiger partial charge in [0.2, 0.25) is 0 Å². The summed E-state index contributed by atoms with van der Waals surface area (Å²) >= 11 is 0. The molecule has 0 radical (unpaired) electrons. The molecular formula is C29H30N2O5. The van der Waals surface area contributed by atoms with Gasteiger partial charge in [0.1, 0.15) is 17.3 Å². The molecule has 1 unspecified atom stereocenters. The summed E-state index contributed by atoms with van der Waals surface area (Å²) in [4.78, 5) is 32.0. The predicted molar refractivity (Wildman–Crippen MR) is 138 cm³/mol. The SMILES string of the molecule is CCOc1ccc(/C(O)=C2/C(=O)C(=O)N(c3cc(C)ccc3O)C2c2ccncc2)cc1C(C)(C)C. The van der Waals surface area contributed by atoms with Crippen LogP contribution in [0.5, 0.6) is 11.5 Å². The normalized spacial score (nSPS) is 17.5. The first-order valence-corrected chi connectivity index (χ1v) is 11.8. The molecule has 1 aliphatic rings. The van der Waals surface area contributed by atoms with Gasteiger partial charge in [0.15, 0.2) is 0 Å². The Labute approximate surface area is 210 Å². The van der Waals surface area contributed by atoms with Gasteiger partial charge in [-0.3, -0.25) is 19.5 Å². The molecule has 4 rings (SSSR count). The highest BCUT2D eigenvalue weighted by atomic mass is 16.5. The minimum Gasteiger partial charge on any atom is -0.507 e. The number of aliphatic hydroxyl groups is 1. The summed E-state index contributed by atoms with van der Waals surface area (Å²) in [7, 11) is 0. The third-order valence-electron chi connectivity index (χ3n) is 6.22. The number of aryl methyl sites for hydroxylation is 1. The summed E-state index contributed by atoms with van der Waals surface area (Å²) in [5, 5.41) is 22.1. The van der Waals surface area contributed by atoms with E-state index in [-0.39, 0.29) is 28.2 Å². The number of anilines is 1. The number of rotatable bonds is 5. The lowest BCUT2D eigenvalue weighted by Gasteiger charge is -2.26. The number of Topliss-reactive ketones (excluding diaryl/α,β-unsaturated/α-hetero) is 1. The molecule has 186 valence electrons. The average molecular weight is 487 g/mol. The van der Waals surface area contributed by atoms with Gasteiger partial charge in [-0.1, -0.05) is 26.8 Å². The van der Waals surface area contributed by atoms with Crippen LogP contribution in [0.25, 0.3) is 5.76 Å². The van der Waals surface area contributed by atoms with E-state index in [9.17, 15) is 19.8 Å². The summed E-state index contributed by atoms with van der Waals surface area (Å²) in [6.07, 6.45) is 3.11. The molecule has 2 N–H and O–H groups in total. The maximum atomic E-state index is 13.4. The van der Waals surface area contributed by atoms with E-state index >= 15 is 0 Å². The Morgan fingerprint density at radius 2 is 1.75 bits per heavy atom. The molecule has 3 aromatic rings. The number of amides is 1. The number of phenolic OH excluding ortho intramolecular Hbond substituents is 1. The van der Waals surface area contributed by atoms with E-state index in [1.54, 1.807) is 54.9 Å². The van der Waals surface area contributed by atoms with E-state index in [0.29, 0.717) is 23.5 Å². The van der Waals surface area contributed by atoms with Gasteiger partial charge >= 0.3 is 0 Å². The fourth-order valence-corrected chi connectivity index (χ4v) is 4.47. The first-order chi connectivity index (χ1) is 17.0. The highest BCUT2D eigenvalue weighted by Gasteiger charge is 2.47. The van der Waals surface area contributed by atoms with Crippen LogP contribution in [0.15, 0.2) is 66.5 Å². The number of benzene rings is 2. The molecule has 1 saturated heterocycles. The van der Waals surface area contributed by atoms with Crippen molar-refractivity contribution in [3.8, 4) is 11.5 Å². The number of ketones is 1. The molecule has 0 aliphatic carbocycles. The molecule has 1 aromatic heterocycles. The van der Waals surface area contributed by atoms with E-state index in [0.717, 1.165) is 11.1 Å². The molecule has 2 heterocycles. The van der Waals surface area contributed by atoms with E-state index in [1.165, 1.54) is 11.0 Å². The lowest BCUT2D eigenvalue weighted by atomic mass is 9.84. The van der Waals surface area contributed by atoms with Crippen molar-refractivity contribution in [1.29, 1.82) is 0 Å². The highest BCUT2D eigenvalue weighted by molar-refractivity contribution is 6.51. The van der Waals surface area contributed by atoms with Crippen molar-refractivity contribution in [3.05, 3.63) is 88.8 Å². The molecule has 7 nitrogen and oxygen atoms in total. The Bertz CT molecular complexity index is 1360. The number of aliphatic hydroxyl groups excluding tert-OH is 1. The second-order valence-electron chi connectivity index (χ2n) is 9.84. The van der Waals surface area contributed by atoms with E-state index in [1.807, 2.05) is 34.6 Å². The van der Waals surface area contributed by atoms with Crippen molar-refractivity contribution in [2.24, 2.45) is 0 Å². The van der Waals surface area contributed by atoms with Gasteiger partial charge in [0.05, 0.1) is 23.9 Å². The van der Waals surface area contributed by atoms with E-state index in [4.69, 9.17) is 4.74 Å². The zero-order valence-electron chi connectivity index (χ0n) is 21.1. The first-order valence-electron chi connectivity index (χ1n) is 11.8. The van der Waals surface area contributed by atoms with E-state index < -0.39 is 17.7 Å². The van der Waals surface area contributed by atoms with Crippen LogP contribution in [0.4, 0.5) is 5.69 Å². The zero-order valence-corrected chi connectivity index (χ0v) is 21.1. The second-order valence-corrected chi connectivity index (χ2v) is 9.84. The fourth-order valence-electron chi connectivity index (χ4n) is 4.47. The summed E-state index contributed by atoms with van der Waals surface area (Å²) in [5.41, 5.74) is 2.47. The number of carbonyl (C=O) groups excluding carboxylic acids is 2. The number of hydrogen-bond acceptors (Lipinski definition) is 6. The van der Waals surface area contributed by atoms with Gasteiger partial charge in [-0.2, -0.15) is 0 Å². The molecule has 0 spiro atoms. The van der Waals surface area contributed by atoms with Crippen molar-refractivity contribution in [3.63, 3.8) is 0 Å². The maximum absolute atomic E-state index is 13.4. The fraction of sp³-hybridized carbons (Fsp3) is 0.276. The second kappa shape index (κ2) is 9.49. The smallest absolute Gasteiger partial charge is 0.300 e. The number of hydrogen-bond donors (Lipinski definition) is 2. The van der Waals surface area contributed by atoms with E-state index in [2.05, 4.69) is 4.98 Å². The van der Waals surface area contributed by atoms with Crippen LogP contribution < -0.4 is 9.64 Å². The standard InChI is InChI=1S/C29H30N2O5/c1-6-36-23-10-8-19(16-20(23)29(3,4)5)26(33)24-25(18-11-13-30-14-12-18)31(28(35)27(24)34)21-15-17(2)7-9-22(21)32/h7-16,25,32-33H,6H2,1-5H3/b26-24-. The van der Waals surface area contributed by atoms with Crippen molar-refractivity contribution in [2.75, 3.05) is 11.5 Å². The predicted octanol–water partition coefficient (Wildman–Crippen LogP) is 5.42. The molecule has 0 saturated carbocycles. The molecule has 1 aliphatic heterocycles. The molecule has 36 heavy (non-hydrogen) atoms. The van der Waals surface area contributed by atoms with Crippen LogP contribution in [0.2, 0.25) is 0 Å². The molecule has 1 atom stereocenters. The molecular weight excluding hydrogens is 456 g/mol. The number of pyridine rings is 1. The van der Waals surface area contributed by atoms with Crippen molar-refractivity contribution < 1.29 is 24.5 Å². The lowest BCUT2D eigenvalue weighted by Crippen LogP contribution is -2.29. The quantitative estimate of drug-likeness (QED) is 0.284. The van der Waals surface area contributed by atoms with Crippen LogP contribution in [0, 0.1) is 6.92 Å². The Morgan fingerprint density at radius 1 is 1.06 bits per heavy atom. The topological polar surface area (TPSA) is 100.0 Å². The summed E-state index contributed by atoms with van der Waals surface area (Å²) in [6.45, 7) is 10.3. The Balaban J connectivity index is 1.96. The average Bonchev–Trinajstić information content (AvgIpc) is 3.11. The summed E-state index contributed by atoms with van der Waals surface area (Å²) < 4.78 is 5.79. The van der Waals surface area contributed by atoms with Gasteiger partial charge in [-0.05, 0) is 72.9 Å². The molecule has 0 bridgehead atoms. The number of nitrogens with zero attached hydrogens (tertiary/aromatic N) is 2. The maximum Gasteiger partial charge on any atom is 0.300 e. The highest BCUT2D eigenvalue weighted by Crippen LogP contribution is 2.45. The van der Waals surface area contributed by atoms with Crippen LogP contribution in [0.3, 0.4) is 0 Å². The zero-order chi connectivity index (χ0) is 26.2. The number of aromatic nitrogens is 1. The van der Waals surface area contributed by atoms with Gasteiger partial charge in [0.25, 0.3) is 11.7 Å². The van der Waals surface area contributed by atoms with Gasteiger partial charge < -0.3 is 14.9 Å². The lowest BCUT2D eigenvalue weighted by molar-refractivity contribution is -0.132. The first kappa shape index (κ1) is 25.0. The van der Waals surface area contributed by atoms with Crippen LogP contribution in [-0.4, -0.2) is 33.5 Å². The van der Waals surface area contributed by atoms with Crippen LogP contribution in [0.1, 0.15) is 56.0 Å². The minimum absolute atomic E-state index is 0.0591. The third-order valence-corrected chi connectivity index (χ3v) is 6.22. The number of ether oxygens (including phenoxy) is 1. The van der Waals surface area contributed by atoms with Crippen molar-refractivity contribution in [2.45, 2.75) is 46.1 Å². The number of aromatic hydroxyl groups is 1. The monoisotopic (exact) mass is 486 g/mol. The summed E-state index contributed by atoms with van der Waals surface area (Å²) in [5.74, 6) is -1.41. The van der Waals surface area contributed by atoms with Gasteiger partial charge in [0, 0.05) is 23.5 Å². The summed E-state index contributed by atoms with van der Waals surface area (Å²) in [6, 6.07) is 12.5. The van der Waals surface area contributed by atoms with Crippen LogP contribution >= 0.6 is 0 Å². The molecule has 1 fully saturated rings. The van der Waals surface area contributed by atoms with Crippen molar-refractivity contribution in [1.82, 2.24) is 4.98 Å². The Morgan fingerprint density at radius 3 is 2.39 bits per heavy atom. The van der Waals surface area contributed by atoms with Gasteiger partial charge in [-0.15, -0.1) is 0 Å². The third kappa shape index (κ3) is 4.44. The van der Waals surface area contributed by atoms with Gasteiger partial charge in [-0.25, -0.2) is 0 Å². The van der Waals surface area contributed by atoms with Crippen molar-refractivity contribution >= 4 is 23.1 Å². The molecule has 7 heteroatoms. The minimum atomic E-state index is -0.953. The largest absolute Gasteiger partial charge is 0.507 e. The number of phenols is 1. The molecule has 1 amide bonds. The van der Waals surface area contributed by atoms with Crippen LogP contribution in [-0.2, 0) is 15.0 Å². The molecule has 2 aromatic carbocycles. The number of carbonyl (C=O) groups is 2.